The first-order chi connectivity index (χ1) is 12.2. The third-order valence-electron chi connectivity index (χ3n) is 6.84. The molecule has 0 bridgehead atoms. The van der Waals surface area contributed by atoms with Crippen molar-refractivity contribution in [2.75, 3.05) is 0 Å². The summed E-state index contributed by atoms with van der Waals surface area (Å²) in [5.41, 5.74) is 1.70. The Kier molecular flexibility index (Phi) is 5.37. The molecule has 0 aromatic heterocycles. The Morgan fingerprint density at radius 3 is 2.73 bits per heavy atom. The fourth-order valence-electron chi connectivity index (χ4n) is 4.96. The summed E-state index contributed by atoms with van der Waals surface area (Å²) >= 11 is 0. The Hall–Kier alpha value is -1.51. The van der Waals surface area contributed by atoms with Gasteiger partial charge in [-0.2, -0.15) is 0 Å². The minimum absolute atomic E-state index is 0.0804. The van der Waals surface area contributed by atoms with Gasteiger partial charge < -0.3 is 9.84 Å². The van der Waals surface area contributed by atoms with E-state index >= 15 is 0 Å². The lowest BCUT2D eigenvalue weighted by Crippen LogP contribution is -2.47. The monoisotopic (exact) mass is 358 g/mol. The first-order valence-corrected chi connectivity index (χ1v) is 10.3. The van der Waals surface area contributed by atoms with Crippen LogP contribution in [0.4, 0.5) is 0 Å². The highest BCUT2D eigenvalue weighted by Crippen LogP contribution is 2.54. The molecule has 0 spiro atoms. The number of hydrogen-bond acceptors (Lipinski definition) is 3. The van der Waals surface area contributed by atoms with Gasteiger partial charge in [0.05, 0.1) is 0 Å². The molecule has 1 aromatic rings. The molecular formula is C23H34O3. The van der Waals surface area contributed by atoms with E-state index in [2.05, 4.69) is 40.7 Å². The van der Waals surface area contributed by atoms with Gasteiger partial charge in [0.2, 0.25) is 0 Å². The molecule has 0 amide bonds. The predicted molar refractivity (Wildman–Crippen MR) is 105 cm³/mol. The number of carbonyl (C=O) groups excluding carboxylic acids is 1. The van der Waals surface area contributed by atoms with Crippen LogP contribution in [0, 0.1) is 11.8 Å². The van der Waals surface area contributed by atoms with E-state index < -0.39 is 0 Å². The fraction of sp³-hybridized carbons (Fsp3) is 0.696. The van der Waals surface area contributed by atoms with Gasteiger partial charge in [-0.3, -0.25) is 4.79 Å². The first-order valence-electron chi connectivity index (χ1n) is 10.3. The van der Waals surface area contributed by atoms with Crippen LogP contribution in [-0.2, 0) is 4.79 Å². The van der Waals surface area contributed by atoms with Crippen molar-refractivity contribution in [2.24, 2.45) is 11.8 Å². The van der Waals surface area contributed by atoms with E-state index in [1.165, 1.54) is 19.3 Å². The lowest BCUT2D eigenvalue weighted by atomic mass is 9.66. The van der Waals surface area contributed by atoms with Crippen molar-refractivity contribution >= 4 is 5.78 Å². The maximum atomic E-state index is 12.1. The molecule has 1 N–H and O–H groups in total. The topological polar surface area (TPSA) is 46.5 Å². The second-order valence-corrected chi connectivity index (χ2v) is 9.06. The average molecular weight is 359 g/mol. The van der Waals surface area contributed by atoms with Crippen LogP contribution in [0.5, 0.6) is 11.5 Å². The Balaban J connectivity index is 1.96. The third kappa shape index (κ3) is 3.50. The summed E-state index contributed by atoms with van der Waals surface area (Å²) in [4.78, 5) is 12.1. The molecule has 0 saturated heterocycles. The van der Waals surface area contributed by atoms with Gasteiger partial charge in [0.1, 0.15) is 22.9 Å². The summed E-state index contributed by atoms with van der Waals surface area (Å²) in [6, 6.07) is 4.04. The number of unbranched alkanes of at least 4 members (excludes halogenated alkanes) is 1. The standard InChI is InChI=1S/C23H34O3/c1-6-7-8-14(2)15(3)16-11-20(25)22-18-13-17(24)9-10-19(18)23(4,5)26-21(22)12-16/h11-12,14-15,18-19,25H,6-10,13H2,1-5H3. The zero-order chi connectivity index (χ0) is 19.1. The van der Waals surface area contributed by atoms with E-state index in [0.29, 0.717) is 36.2 Å². The molecule has 3 rings (SSSR count). The molecule has 1 aliphatic heterocycles. The second kappa shape index (κ2) is 7.25. The van der Waals surface area contributed by atoms with Crippen molar-refractivity contribution in [1.29, 1.82) is 0 Å². The molecule has 1 aliphatic carbocycles. The minimum Gasteiger partial charge on any atom is -0.508 e. The van der Waals surface area contributed by atoms with Gasteiger partial charge in [-0.05, 0) is 49.8 Å². The number of ketones is 1. The second-order valence-electron chi connectivity index (χ2n) is 9.06. The van der Waals surface area contributed by atoms with Crippen LogP contribution in [-0.4, -0.2) is 16.5 Å². The molecule has 4 unspecified atom stereocenters. The molecule has 2 aliphatic rings. The number of ether oxygens (including phenoxy) is 1. The number of rotatable bonds is 5. The summed E-state index contributed by atoms with van der Waals surface area (Å²) in [5, 5.41) is 10.8. The van der Waals surface area contributed by atoms with Crippen molar-refractivity contribution in [2.45, 2.75) is 90.6 Å². The normalized spacial score (nSPS) is 26.4. The molecule has 1 aromatic carbocycles. The molecule has 26 heavy (non-hydrogen) atoms. The lowest BCUT2D eigenvalue weighted by Gasteiger charge is -2.47. The van der Waals surface area contributed by atoms with Crippen molar-refractivity contribution in [3.8, 4) is 11.5 Å². The van der Waals surface area contributed by atoms with Crippen LogP contribution in [0.1, 0.15) is 96.1 Å². The highest BCUT2D eigenvalue weighted by atomic mass is 16.5. The van der Waals surface area contributed by atoms with E-state index in [0.717, 1.165) is 23.3 Å². The molecule has 144 valence electrons. The number of hydrogen-bond donors (Lipinski definition) is 1. The van der Waals surface area contributed by atoms with Gasteiger partial charge in [-0.15, -0.1) is 0 Å². The van der Waals surface area contributed by atoms with Crippen molar-refractivity contribution in [3.63, 3.8) is 0 Å². The van der Waals surface area contributed by atoms with Crippen LogP contribution in [0.25, 0.3) is 0 Å². The number of fused-ring (bicyclic) bond motifs is 3. The molecule has 4 atom stereocenters. The number of carbonyl (C=O) groups is 1. The van der Waals surface area contributed by atoms with Gasteiger partial charge in [0.25, 0.3) is 0 Å². The highest BCUT2D eigenvalue weighted by molar-refractivity contribution is 5.81. The molecule has 3 nitrogen and oxygen atoms in total. The van der Waals surface area contributed by atoms with Gasteiger partial charge in [0.15, 0.2) is 0 Å². The number of phenols is 1. The lowest BCUT2D eigenvalue weighted by molar-refractivity contribution is -0.124. The number of phenolic OH excluding ortho intramolecular Hbond substituents is 1. The maximum absolute atomic E-state index is 12.1. The molecule has 3 heteroatoms. The van der Waals surface area contributed by atoms with Gasteiger partial charge in [-0.1, -0.05) is 40.0 Å². The number of aromatic hydroxyl groups is 1. The van der Waals surface area contributed by atoms with Crippen molar-refractivity contribution in [1.82, 2.24) is 0 Å². The first kappa shape index (κ1) is 19.3. The largest absolute Gasteiger partial charge is 0.508 e. The van der Waals surface area contributed by atoms with Gasteiger partial charge >= 0.3 is 0 Å². The van der Waals surface area contributed by atoms with Crippen LogP contribution in [0.3, 0.4) is 0 Å². The maximum Gasteiger partial charge on any atom is 0.133 e. The molecule has 1 fully saturated rings. The molecular weight excluding hydrogens is 324 g/mol. The van der Waals surface area contributed by atoms with E-state index in [1.54, 1.807) is 0 Å². The Morgan fingerprint density at radius 1 is 1.31 bits per heavy atom. The minimum atomic E-state index is -0.305. The fourth-order valence-corrected chi connectivity index (χ4v) is 4.96. The SMILES string of the molecule is CCCCC(C)C(C)c1cc(O)c2c(c1)OC(C)(C)C1CCC(=O)CC21. The van der Waals surface area contributed by atoms with E-state index in [9.17, 15) is 9.90 Å². The quantitative estimate of drug-likeness (QED) is 0.708. The van der Waals surface area contributed by atoms with Crippen LogP contribution in [0.15, 0.2) is 12.1 Å². The van der Waals surface area contributed by atoms with Crippen molar-refractivity contribution < 1.29 is 14.6 Å². The summed E-state index contributed by atoms with van der Waals surface area (Å²) < 4.78 is 6.39. The zero-order valence-electron chi connectivity index (χ0n) is 17.0. The summed E-state index contributed by atoms with van der Waals surface area (Å²) in [6.07, 6.45) is 5.65. The average Bonchev–Trinajstić information content (AvgIpc) is 2.57. The van der Waals surface area contributed by atoms with Crippen LogP contribution in [0.2, 0.25) is 0 Å². The molecule has 0 radical (unpaired) electrons. The van der Waals surface area contributed by atoms with E-state index in [1.807, 2.05) is 6.07 Å². The van der Waals surface area contributed by atoms with Crippen LogP contribution < -0.4 is 4.74 Å². The molecule has 1 saturated carbocycles. The smallest absolute Gasteiger partial charge is 0.133 e. The summed E-state index contributed by atoms with van der Waals surface area (Å²) in [6.45, 7) is 11.0. The van der Waals surface area contributed by atoms with Crippen LogP contribution >= 0.6 is 0 Å². The highest BCUT2D eigenvalue weighted by Gasteiger charge is 2.47. The number of Topliss-reactive ketones (excluding diaryl/α,β-unsaturated/α-hetero) is 1. The van der Waals surface area contributed by atoms with E-state index in [4.69, 9.17) is 4.74 Å². The Morgan fingerprint density at radius 2 is 2.04 bits per heavy atom. The molecule has 1 heterocycles. The van der Waals surface area contributed by atoms with Gasteiger partial charge in [0, 0.05) is 30.2 Å². The number of benzene rings is 1. The Bertz CT molecular complexity index is 676. The summed E-state index contributed by atoms with van der Waals surface area (Å²) in [7, 11) is 0. The Labute approximate surface area is 158 Å². The van der Waals surface area contributed by atoms with E-state index in [-0.39, 0.29) is 17.4 Å². The third-order valence-corrected chi connectivity index (χ3v) is 6.84. The predicted octanol–water partition coefficient (Wildman–Crippen LogP) is 5.95. The van der Waals surface area contributed by atoms with Gasteiger partial charge in [-0.25, -0.2) is 0 Å². The zero-order valence-corrected chi connectivity index (χ0v) is 17.0. The van der Waals surface area contributed by atoms with Crippen molar-refractivity contribution in [3.05, 3.63) is 23.3 Å². The summed E-state index contributed by atoms with van der Waals surface area (Å²) in [5.74, 6) is 2.70.